The molecule has 3 aromatic rings. The Labute approximate surface area is 177 Å². The van der Waals surface area contributed by atoms with E-state index in [1.165, 1.54) is 11.8 Å². The molecule has 0 aliphatic rings. The molecule has 150 valence electrons. The lowest BCUT2D eigenvalue weighted by atomic mass is 10.2. The molecule has 7 nitrogen and oxygen atoms in total. The topological polar surface area (TPSA) is 88.9 Å². The van der Waals surface area contributed by atoms with Gasteiger partial charge in [-0.25, -0.2) is 0 Å². The summed E-state index contributed by atoms with van der Waals surface area (Å²) in [4.78, 5) is 24.4. The third-order valence-corrected chi connectivity index (χ3v) is 5.28. The molecule has 9 heteroatoms. The summed E-state index contributed by atoms with van der Waals surface area (Å²) in [7, 11) is 1.77. The van der Waals surface area contributed by atoms with Gasteiger partial charge < -0.3 is 15.2 Å². The fraction of sp³-hybridized carbons (Fsp3) is 0.200. The summed E-state index contributed by atoms with van der Waals surface area (Å²) < 4.78 is 1.71. The van der Waals surface area contributed by atoms with E-state index in [0.717, 1.165) is 11.3 Å². The Balaban J connectivity index is 1.52. The normalized spacial score (nSPS) is 10.6. The van der Waals surface area contributed by atoms with Crippen molar-refractivity contribution in [2.24, 2.45) is 7.05 Å². The number of nitrogens with zero attached hydrogens (tertiary/aromatic N) is 3. The largest absolute Gasteiger partial charge is 0.326 e. The van der Waals surface area contributed by atoms with Crippen molar-refractivity contribution in [1.29, 1.82) is 0 Å². The maximum atomic E-state index is 12.2. The van der Waals surface area contributed by atoms with E-state index in [9.17, 15) is 9.59 Å². The highest BCUT2D eigenvalue weighted by molar-refractivity contribution is 7.99. The van der Waals surface area contributed by atoms with Crippen LogP contribution in [0.3, 0.4) is 0 Å². The number of thioether (sulfide) groups is 1. The van der Waals surface area contributed by atoms with E-state index in [1.807, 2.05) is 31.2 Å². The number of nitrogens with one attached hydrogen (secondary N) is 2. The lowest BCUT2D eigenvalue weighted by molar-refractivity contribution is -0.116. The van der Waals surface area contributed by atoms with Crippen LogP contribution in [0.15, 0.2) is 53.7 Å². The SMILES string of the molecule is Cc1cccc(NC(=O)CSc2nnc(CC(=O)Nc3ccc(Cl)cc3)n2C)c1. The second-order valence-electron chi connectivity index (χ2n) is 6.40. The zero-order valence-electron chi connectivity index (χ0n) is 16.0. The Hall–Kier alpha value is -2.84. The van der Waals surface area contributed by atoms with E-state index in [1.54, 1.807) is 35.9 Å². The van der Waals surface area contributed by atoms with E-state index in [4.69, 9.17) is 11.6 Å². The number of aryl methyl sites for hydroxylation is 1. The van der Waals surface area contributed by atoms with Crippen molar-refractivity contribution >= 4 is 46.6 Å². The van der Waals surface area contributed by atoms with E-state index in [-0.39, 0.29) is 24.0 Å². The van der Waals surface area contributed by atoms with Crippen molar-refractivity contribution < 1.29 is 9.59 Å². The first-order valence-corrected chi connectivity index (χ1v) is 10.2. The van der Waals surface area contributed by atoms with E-state index in [0.29, 0.717) is 21.7 Å². The summed E-state index contributed by atoms with van der Waals surface area (Å²) >= 11 is 7.10. The molecule has 2 N–H and O–H groups in total. The maximum Gasteiger partial charge on any atom is 0.234 e. The summed E-state index contributed by atoms with van der Waals surface area (Å²) in [5, 5.41) is 15.0. The van der Waals surface area contributed by atoms with Crippen LogP contribution < -0.4 is 10.6 Å². The predicted octanol–water partition coefficient (Wildman–Crippen LogP) is 3.69. The molecule has 0 atom stereocenters. The van der Waals surface area contributed by atoms with Crippen molar-refractivity contribution in [2.75, 3.05) is 16.4 Å². The average Bonchev–Trinajstić information content (AvgIpc) is 3.01. The Morgan fingerprint density at radius 1 is 1.03 bits per heavy atom. The van der Waals surface area contributed by atoms with Crippen molar-refractivity contribution in [2.45, 2.75) is 18.5 Å². The highest BCUT2D eigenvalue weighted by Gasteiger charge is 2.14. The minimum absolute atomic E-state index is 0.0716. The van der Waals surface area contributed by atoms with E-state index < -0.39 is 0 Å². The van der Waals surface area contributed by atoms with Crippen LogP contribution in [0.1, 0.15) is 11.4 Å². The number of carbonyl (C=O) groups excluding carboxylic acids is 2. The van der Waals surface area contributed by atoms with Gasteiger partial charge in [-0.1, -0.05) is 35.5 Å². The molecule has 0 aliphatic carbocycles. The molecule has 0 unspecified atom stereocenters. The molecule has 0 saturated heterocycles. The van der Waals surface area contributed by atoms with Crippen LogP contribution in [0.4, 0.5) is 11.4 Å². The summed E-state index contributed by atoms with van der Waals surface area (Å²) in [5.74, 6) is 0.358. The van der Waals surface area contributed by atoms with Gasteiger partial charge >= 0.3 is 0 Å². The van der Waals surface area contributed by atoms with Gasteiger partial charge in [0.1, 0.15) is 5.82 Å². The number of hydrogen-bond donors (Lipinski definition) is 2. The number of hydrogen-bond acceptors (Lipinski definition) is 5. The second kappa shape index (κ2) is 9.58. The summed E-state index contributed by atoms with van der Waals surface area (Å²) in [6.45, 7) is 1.97. The van der Waals surface area contributed by atoms with E-state index in [2.05, 4.69) is 20.8 Å². The van der Waals surface area contributed by atoms with Crippen molar-refractivity contribution in [1.82, 2.24) is 14.8 Å². The Morgan fingerprint density at radius 2 is 1.76 bits per heavy atom. The number of carbonyl (C=O) groups is 2. The van der Waals surface area contributed by atoms with E-state index >= 15 is 0 Å². The highest BCUT2D eigenvalue weighted by atomic mass is 35.5. The van der Waals surface area contributed by atoms with Gasteiger partial charge in [0.05, 0.1) is 12.2 Å². The standard InChI is InChI=1S/C20H20ClN5O2S/c1-13-4-3-5-16(10-13)23-19(28)12-29-20-25-24-17(26(20)2)11-18(27)22-15-8-6-14(21)7-9-15/h3-10H,11-12H2,1-2H3,(H,22,27)(H,23,28). The minimum Gasteiger partial charge on any atom is -0.326 e. The van der Waals surface area contributed by atoms with Crippen LogP contribution in [-0.2, 0) is 23.1 Å². The molecule has 0 aliphatic heterocycles. The van der Waals surface area contributed by atoms with Gasteiger partial charge in [-0.2, -0.15) is 0 Å². The first-order valence-electron chi connectivity index (χ1n) is 8.84. The lowest BCUT2D eigenvalue weighted by Gasteiger charge is -2.07. The molecular weight excluding hydrogens is 410 g/mol. The Morgan fingerprint density at radius 3 is 2.48 bits per heavy atom. The summed E-state index contributed by atoms with van der Waals surface area (Å²) in [6, 6.07) is 14.5. The zero-order chi connectivity index (χ0) is 20.8. The molecule has 0 radical (unpaired) electrons. The van der Waals surface area contributed by atoms with Crippen LogP contribution >= 0.6 is 23.4 Å². The van der Waals surface area contributed by atoms with Crippen LogP contribution in [0, 0.1) is 6.92 Å². The van der Waals surface area contributed by atoms with Gasteiger partial charge in [0.25, 0.3) is 0 Å². The number of amides is 2. The Bertz CT molecular complexity index is 1020. The minimum atomic E-state index is -0.212. The first kappa shape index (κ1) is 20.9. The number of benzene rings is 2. The Kier molecular flexibility index (Phi) is 6.90. The van der Waals surface area contributed by atoms with Gasteiger partial charge in [-0.15, -0.1) is 10.2 Å². The predicted molar refractivity (Wildman–Crippen MR) is 115 cm³/mol. The molecule has 0 spiro atoms. The quantitative estimate of drug-likeness (QED) is 0.559. The van der Waals surface area contributed by atoms with Gasteiger partial charge in [-0.3, -0.25) is 9.59 Å². The van der Waals surface area contributed by atoms with Crippen LogP contribution in [0.25, 0.3) is 0 Å². The third kappa shape index (κ3) is 6.07. The van der Waals surface area contributed by atoms with Crippen LogP contribution in [-0.4, -0.2) is 32.3 Å². The maximum absolute atomic E-state index is 12.2. The average molecular weight is 430 g/mol. The molecule has 0 bridgehead atoms. The molecular formula is C20H20ClN5O2S. The number of aromatic nitrogens is 3. The molecule has 2 amide bonds. The number of rotatable bonds is 7. The molecule has 2 aromatic carbocycles. The fourth-order valence-electron chi connectivity index (χ4n) is 2.56. The lowest BCUT2D eigenvalue weighted by Crippen LogP contribution is -2.17. The fourth-order valence-corrected chi connectivity index (χ4v) is 3.41. The van der Waals surface area contributed by atoms with Crippen molar-refractivity contribution in [3.63, 3.8) is 0 Å². The smallest absolute Gasteiger partial charge is 0.234 e. The molecule has 1 heterocycles. The third-order valence-electron chi connectivity index (χ3n) is 4.01. The van der Waals surface area contributed by atoms with Gasteiger partial charge in [0.2, 0.25) is 11.8 Å². The van der Waals surface area contributed by atoms with Crippen LogP contribution in [0.2, 0.25) is 5.02 Å². The highest BCUT2D eigenvalue weighted by Crippen LogP contribution is 2.18. The van der Waals surface area contributed by atoms with Gasteiger partial charge in [0.15, 0.2) is 5.16 Å². The van der Waals surface area contributed by atoms with Gasteiger partial charge in [0, 0.05) is 23.4 Å². The van der Waals surface area contributed by atoms with Gasteiger partial charge in [-0.05, 0) is 48.9 Å². The van der Waals surface area contributed by atoms with Crippen molar-refractivity contribution in [3.05, 3.63) is 64.9 Å². The van der Waals surface area contributed by atoms with Crippen molar-refractivity contribution in [3.8, 4) is 0 Å². The first-order chi connectivity index (χ1) is 13.9. The summed E-state index contributed by atoms with van der Waals surface area (Å²) in [6.07, 6.45) is 0.0716. The van der Waals surface area contributed by atoms with Crippen LogP contribution in [0.5, 0.6) is 0 Å². The molecule has 3 rings (SSSR count). The molecule has 29 heavy (non-hydrogen) atoms. The zero-order valence-corrected chi connectivity index (χ0v) is 17.5. The summed E-state index contributed by atoms with van der Waals surface area (Å²) in [5.41, 5.74) is 2.49. The monoisotopic (exact) mass is 429 g/mol. The number of anilines is 2. The molecule has 0 fully saturated rings. The molecule has 0 saturated carbocycles. The molecule has 1 aromatic heterocycles. The number of halogens is 1. The second-order valence-corrected chi connectivity index (χ2v) is 7.77.